The minimum Gasteiger partial charge on any atom is -0.454 e. The maximum Gasteiger partial charge on any atom is 0.231 e. The normalized spacial score (nSPS) is 11.9. The standard InChI is InChI=1S/C23H18N4O2/c1-3-7-16(8-4-1)19-14-22(24-17-9-5-2-6-10-17)27-23(26-19)25-18-11-12-20-21(13-18)29-15-28-20/h1-14H,15H2,(H2,24,25,26,27). The minimum atomic E-state index is 0.240. The van der Waals surface area contributed by atoms with Crippen molar-refractivity contribution < 1.29 is 9.47 Å². The summed E-state index contributed by atoms with van der Waals surface area (Å²) in [7, 11) is 0. The van der Waals surface area contributed by atoms with Gasteiger partial charge in [0.05, 0.1) is 5.69 Å². The molecule has 142 valence electrons. The van der Waals surface area contributed by atoms with E-state index in [1.165, 1.54) is 0 Å². The van der Waals surface area contributed by atoms with Crippen LogP contribution in [-0.2, 0) is 0 Å². The van der Waals surface area contributed by atoms with E-state index in [0.717, 1.165) is 28.4 Å². The first-order chi connectivity index (χ1) is 14.3. The lowest BCUT2D eigenvalue weighted by atomic mass is 10.1. The van der Waals surface area contributed by atoms with Crippen LogP contribution in [0.1, 0.15) is 0 Å². The molecule has 0 saturated heterocycles. The molecule has 1 aliphatic rings. The Labute approximate surface area is 168 Å². The van der Waals surface area contributed by atoms with Crippen molar-refractivity contribution in [1.82, 2.24) is 9.97 Å². The van der Waals surface area contributed by atoms with Gasteiger partial charge in [-0.25, -0.2) is 4.98 Å². The lowest BCUT2D eigenvalue weighted by Crippen LogP contribution is -2.02. The van der Waals surface area contributed by atoms with Gasteiger partial charge in [0.25, 0.3) is 0 Å². The third kappa shape index (κ3) is 3.82. The van der Waals surface area contributed by atoms with E-state index in [2.05, 4.69) is 15.6 Å². The Hall–Kier alpha value is -4.06. The first-order valence-electron chi connectivity index (χ1n) is 9.27. The zero-order valence-electron chi connectivity index (χ0n) is 15.5. The number of aromatic nitrogens is 2. The van der Waals surface area contributed by atoms with E-state index < -0.39 is 0 Å². The Morgan fingerprint density at radius 2 is 1.41 bits per heavy atom. The fraction of sp³-hybridized carbons (Fsp3) is 0.0435. The van der Waals surface area contributed by atoms with Crippen LogP contribution in [0.5, 0.6) is 11.5 Å². The molecule has 0 bridgehead atoms. The highest BCUT2D eigenvalue weighted by Crippen LogP contribution is 2.35. The van der Waals surface area contributed by atoms with Gasteiger partial charge in [-0.1, -0.05) is 48.5 Å². The van der Waals surface area contributed by atoms with E-state index in [4.69, 9.17) is 14.5 Å². The minimum absolute atomic E-state index is 0.240. The molecule has 29 heavy (non-hydrogen) atoms. The summed E-state index contributed by atoms with van der Waals surface area (Å²) in [4.78, 5) is 9.34. The van der Waals surface area contributed by atoms with Gasteiger partial charge >= 0.3 is 0 Å². The molecule has 0 fully saturated rings. The van der Waals surface area contributed by atoms with Crippen molar-refractivity contribution in [2.75, 3.05) is 17.4 Å². The Bertz CT molecular complexity index is 1130. The first kappa shape index (κ1) is 17.1. The van der Waals surface area contributed by atoms with Crippen molar-refractivity contribution in [1.29, 1.82) is 0 Å². The first-order valence-corrected chi connectivity index (χ1v) is 9.27. The third-order valence-corrected chi connectivity index (χ3v) is 4.47. The maximum absolute atomic E-state index is 5.46. The zero-order valence-corrected chi connectivity index (χ0v) is 15.5. The molecule has 0 atom stereocenters. The van der Waals surface area contributed by atoms with Gasteiger partial charge in [-0.3, -0.25) is 0 Å². The largest absolute Gasteiger partial charge is 0.454 e. The lowest BCUT2D eigenvalue weighted by molar-refractivity contribution is 0.174. The molecule has 0 amide bonds. The molecule has 4 aromatic rings. The van der Waals surface area contributed by atoms with Crippen LogP contribution in [0.3, 0.4) is 0 Å². The predicted octanol–water partition coefficient (Wildman–Crippen LogP) is 5.36. The highest BCUT2D eigenvalue weighted by molar-refractivity contribution is 5.69. The molecular weight excluding hydrogens is 364 g/mol. The number of hydrogen-bond donors (Lipinski definition) is 2. The highest BCUT2D eigenvalue weighted by atomic mass is 16.7. The molecule has 6 nitrogen and oxygen atoms in total. The Morgan fingerprint density at radius 3 is 2.24 bits per heavy atom. The van der Waals surface area contributed by atoms with Crippen LogP contribution in [0.25, 0.3) is 11.3 Å². The van der Waals surface area contributed by atoms with Crippen LogP contribution >= 0.6 is 0 Å². The van der Waals surface area contributed by atoms with Gasteiger partial charge < -0.3 is 20.1 Å². The molecule has 2 N–H and O–H groups in total. The second kappa shape index (κ2) is 7.52. The second-order valence-electron chi connectivity index (χ2n) is 6.51. The van der Waals surface area contributed by atoms with E-state index in [-0.39, 0.29) is 6.79 Å². The average molecular weight is 382 g/mol. The van der Waals surface area contributed by atoms with Crippen LogP contribution in [0.4, 0.5) is 23.1 Å². The van der Waals surface area contributed by atoms with Crippen LogP contribution in [-0.4, -0.2) is 16.8 Å². The molecule has 0 aliphatic carbocycles. The van der Waals surface area contributed by atoms with Gasteiger partial charge in [-0.15, -0.1) is 0 Å². The van der Waals surface area contributed by atoms with Crippen LogP contribution in [0.2, 0.25) is 0 Å². The molecule has 0 spiro atoms. The van der Waals surface area contributed by atoms with Gasteiger partial charge in [0, 0.05) is 29.1 Å². The van der Waals surface area contributed by atoms with E-state index >= 15 is 0 Å². The summed E-state index contributed by atoms with van der Waals surface area (Å²) < 4.78 is 10.8. The van der Waals surface area contributed by atoms with E-state index in [1.807, 2.05) is 84.9 Å². The maximum atomic E-state index is 5.46. The fourth-order valence-electron chi connectivity index (χ4n) is 3.10. The Morgan fingerprint density at radius 1 is 0.655 bits per heavy atom. The van der Waals surface area contributed by atoms with Gasteiger partial charge in [0.2, 0.25) is 12.7 Å². The zero-order chi connectivity index (χ0) is 19.5. The summed E-state index contributed by atoms with van der Waals surface area (Å²) in [6, 6.07) is 27.6. The average Bonchev–Trinajstić information content (AvgIpc) is 3.23. The number of nitrogens with one attached hydrogen (secondary N) is 2. The van der Waals surface area contributed by atoms with E-state index in [0.29, 0.717) is 17.5 Å². The topological polar surface area (TPSA) is 68.3 Å². The number of rotatable bonds is 5. The smallest absolute Gasteiger partial charge is 0.231 e. The Balaban J connectivity index is 1.50. The SMILES string of the molecule is c1ccc(Nc2cc(-c3ccccc3)nc(Nc3ccc4c(c3)OCO4)n2)cc1. The van der Waals surface area contributed by atoms with Crippen LogP contribution in [0, 0.1) is 0 Å². The molecule has 0 saturated carbocycles. The van der Waals surface area contributed by atoms with Crippen LogP contribution in [0.15, 0.2) is 84.9 Å². The summed E-state index contributed by atoms with van der Waals surface area (Å²) in [5.41, 5.74) is 3.62. The van der Waals surface area contributed by atoms with Gasteiger partial charge in [-0.05, 0) is 24.3 Å². The van der Waals surface area contributed by atoms with Crippen molar-refractivity contribution in [3.05, 3.63) is 84.9 Å². The third-order valence-electron chi connectivity index (χ3n) is 4.47. The monoisotopic (exact) mass is 382 g/mol. The molecule has 6 heteroatoms. The number of ether oxygens (including phenoxy) is 2. The van der Waals surface area contributed by atoms with Crippen molar-refractivity contribution in [2.24, 2.45) is 0 Å². The number of anilines is 4. The molecular formula is C23H18N4O2. The van der Waals surface area contributed by atoms with Gasteiger partial charge in [0.15, 0.2) is 11.5 Å². The van der Waals surface area contributed by atoms with Crippen molar-refractivity contribution >= 4 is 23.1 Å². The number of para-hydroxylation sites is 1. The fourth-order valence-corrected chi connectivity index (χ4v) is 3.10. The summed E-state index contributed by atoms with van der Waals surface area (Å²) in [6.07, 6.45) is 0. The van der Waals surface area contributed by atoms with E-state index in [1.54, 1.807) is 0 Å². The van der Waals surface area contributed by atoms with E-state index in [9.17, 15) is 0 Å². The molecule has 0 radical (unpaired) electrons. The molecule has 5 rings (SSSR count). The molecule has 1 aromatic heterocycles. The predicted molar refractivity (Wildman–Crippen MR) is 113 cm³/mol. The molecule has 1 aliphatic heterocycles. The second-order valence-corrected chi connectivity index (χ2v) is 6.51. The summed E-state index contributed by atoms with van der Waals surface area (Å²) in [6.45, 7) is 0.240. The number of benzene rings is 3. The highest BCUT2D eigenvalue weighted by Gasteiger charge is 2.14. The summed E-state index contributed by atoms with van der Waals surface area (Å²) in [5, 5.41) is 6.62. The summed E-state index contributed by atoms with van der Waals surface area (Å²) >= 11 is 0. The number of hydrogen-bond acceptors (Lipinski definition) is 6. The van der Waals surface area contributed by atoms with Crippen molar-refractivity contribution in [3.8, 4) is 22.8 Å². The van der Waals surface area contributed by atoms with Gasteiger partial charge in [0.1, 0.15) is 5.82 Å². The molecule has 3 aromatic carbocycles. The molecule has 0 unspecified atom stereocenters. The van der Waals surface area contributed by atoms with Crippen molar-refractivity contribution in [2.45, 2.75) is 0 Å². The van der Waals surface area contributed by atoms with Crippen LogP contribution < -0.4 is 20.1 Å². The molecule has 2 heterocycles. The number of fused-ring (bicyclic) bond motifs is 1. The quantitative estimate of drug-likeness (QED) is 0.484. The number of nitrogens with zero attached hydrogens (tertiary/aromatic N) is 2. The summed E-state index contributed by atoms with van der Waals surface area (Å²) in [5.74, 6) is 2.63. The van der Waals surface area contributed by atoms with Gasteiger partial charge in [-0.2, -0.15) is 4.98 Å². The lowest BCUT2D eigenvalue weighted by Gasteiger charge is -2.12. The Kier molecular flexibility index (Phi) is 4.42. The van der Waals surface area contributed by atoms with Crippen molar-refractivity contribution in [3.63, 3.8) is 0 Å².